The molecule has 0 aromatic carbocycles. The Bertz CT molecular complexity index is 447. The lowest BCUT2D eigenvalue weighted by Crippen LogP contribution is -2.62. The molecule has 0 aliphatic carbocycles. The molecule has 2 saturated heterocycles. The van der Waals surface area contributed by atoms with Crippen molar-refractivity contribution in [1.82, 2.24) is 20.1 Å². The van der Waals surface area contributed by atoms with Crippen LogP contribution in [0.15, 0.2) is 18.3 Å². The summed E-state index contributed by atoms with van der Waals surface area (Å²) < 4.78 is 0. The van der Waals surface area contributed by atoms with Crippen LogP contribution in [0.25, 0.3) is 0 Å². The molecule has 19 heavy (non-hydrogen) atoms. The number of hydrogen-bond acceptors (Lipinski definition) is 4. The number of aryl methyl sites for hydroxylation is 1. The third kappa shape index (κ3) is 2.62. The highest BCUT2D eigenvalue weighted by molar-refractivity contribution is 5.94. The predicted molar refractivity (Wildman–Crippen MR) is 73.1 cm³/mol. The molecule has 0 bridgehead atoms. The van der Waals surface area contributed by atoms with E-state index in [4.69, 9.17) is 0 Å². The van der Waals surface area contributed by atoms with Gasteiger partial charge in [0.2, 0.25) is 0 Å². The van der Waals surface area contributed by atoms with Crippen LogP contribution >= 0.6 is 0 Å². The van der Waals surface area contributed by atoms with Gasteiger partial charge in [-0.1, -0.05) is 0 Å². The molecular formula is C14H20N4O. The molecule has 2 fully saturated rings. The largest absolute Gasteiger partial charge is 0.336 e. The first-order valence-electron chi connectivity index (χ1n) is 6.91. The molecule has 102 valence electrons. The molecule has 3 heterocycles. The van der Waals surface area contributed by atoms with E-state index in [0.717, 1.165) is 45.0 Å². The number of carbonyl (C=O) groups excluding carboxylic acids is 1. The van der Waals surface area contributed by atoms with Gasteiger partial charge in [0.15, 0.2) is 0 Å². The van der Waals surface area contributed by atoms with Gasteiger partial charge in [-0.25, -0.2) is 0 Å². The molecule has 3 rings (SSSR count). The molecule has 5 nitrogen and oxygen atoms in total. The van der Waals surface area contributed by atoms with E-state index >= 15 is 0 Å². The summed E-state index contributed by atoms with van der Waals surface area (Å²) in [4.78, 5) is 20.9. The topological polar surface area (TPSA) is 48.5 Å². The number of rotatable bonds is 2. The predicted octanol–water partition coefficient (Wildman–Crippen LogP) is 0.120. The zero-order valence-electron chi connectivity index (χ0n) is 11.3. The summed E-state index contributed by atoms with van der Waals surface area (Å²) in [7, 11) is 0. The van der Waals surface area contributed by atoms with Crippen LogP contribution in [-0.2, 0) is 0 Å². The Morgan fingerprint density at radius 1 is 1.26 bits per heavy atom. The normalized spacial score (nSPS) is 21.2. The molecule has 2 aliphatic heterocycles. The van der Waals surface area contributed by atoms with Gasteiger partial charge in [-0.3, -0.25) is 14.7 Å². The number of nitrogens with one attached hydrogen (secondary N) is 1. The zero-order chi connectivity index (χ0) is 13.2. The Balaban J connectivity index is 1.58. The molecule has 1 aromatic heterocycles. The summed E-state index contributed by atoms with van der Waals surface area (Å²) in [5, 5.41) is 3.29. The van der Waals surface area contributed by atoms with Crippen LogP contribution in [0.4, 0.5) is 0 Å². The maximum absolute atomic E-state index is 12.3. The SMILES string of the molecule is Cc1ccc(C(=O)N2CCN(C3CNC3)CC2)cn1. The van der Waals surface area contributed by atoms with Gasteiger partial charge in [0, 0.05) is 57.2 Å². The third-order valence-corrected chi connectivity index (χ3v) is 4.04. The molecule has 0 atom stereocenters. The average Bonchev–Trinajstić information content (AvgIpc) is 2.38. The standard InChI is InChI=1S/C14H20N4O/c1-11-2-3-12(8-16-11)14(19)18-6-4-17(5-7-18)13-9-15-10-13/h2-3,8,13,15H,4-7,9-10H2,1H3. The van der Waals surface area contributed by atoms with Crippen LogP contribution < -0.4 is 5.32 Å². The molecule has 0 spiro atoms. The first-order chi connectivity index (χ1) is 9.24. The van der Waals surface area contributed by atoms with Crippen LogP contribution in [0.1, 0.15) is 16.1 Å². The Kier molecular flexibility index (Phi) is 3.48. The fraction of sp³-hybridized carbons (Fsp3) is 0.571. The van der Waals surface area contributed by atoms with Crippen molar-refractivity contribution in [2.24, 2.45) is 0 Å². The molecule has 2 aliphatic rings. The highest BCUT2D eigenvalue weighted by Crippen LogP contribution is 2.12. The van der Waals surface area contributed by atoms with Crippen LogP contribution in [0.2, 0.25) is 0 Å². The number of nitrogens with zero attached hydrogens (tertiary/aromatic N) is 3. The molecule has 1 amide bonds. The molecule has 0 unspecified atom stereocenters. The molecule has 1 aromatic rings. The minimum atomic E-state index is 0.110. The summed E-state index contributed by atoms with van der Waals surface area (Å²) in [5.74, 6) is 0.110. The number of amides is 1. The number of hydrogen-bond donors (Lipinski definition) is 1. The highest BCUT2D eigenvalue weighted by Gasteiger charge is 2.29. The van der Waals surface area contributed by atoms with Crippen LogP contribution in [0.3, 0.4) is 0 Å². The van der Waals surface area contributed by atoms with E-state index < -0.39 is 0 Å². The number of aromatic nitrogens is 1. The minimum Gasteiger partial charge on any atom is -0.336 e. The van der Waals surface area contributed by atoms with Gasteiger partial charge in [0.05, 0.1) is 5.56 Å². The quantitative estimate of drug-likeness (QED) is 0.820. The van der Waals surface area contributed by atoms with Crippen LogP contribution in [0, 0.1) is 6.92 Å². The number of pyridine rings is 1. The lowest BCUT2D eigenvalue weighted by atomic mass is 10.1. The van der Waals surface area contributed by atoms with Crippen molar-refractivity contribution in [3.63, 3.8) is 0 Å². The van der Waals surface area contributed by atoms with Crippen molar-refractivity contribution in [2.45, 2.75) is 13.0 Å². The molecule has 5 heteroatoms. The summed E-state index contributed by atoms with van der Waals surface area (Å²) >= 11 is 0. The fourth-order valence-electron chi connectivity index (χ4n) is 2.60. The van der Waals surface area contributed by atoms with Crippen molar-refractivity contribution in [3.05, 3.63) is 29.6 Å². The Labute approximate surface area is 113 Å². The first kappa shape index (κ1) is 12.6. The number of piperazine rings is 1. The fourth-order valence-corrected chi connectivity index (χ4v) is 2.60. The lowest BCUT2D eigenvalue weighted by molar-refractivity contribution is 0.0501. The Hall–Kier alpha value is -1.46. The van der Waals surface area contributed by atoms with Crippen molar-refractivity contribution in [3.8, 4) is 0 Å². The average molecular weight is 260 g/mol. The van der Waals surface area contributed by atoms with Crippen LogP contribution in [0.5, 0.6) is 0 Å². The number of carbonyl (C=O) groups is 1. The molecule has 0 radical (unpaired) electrons. The van der Waals surface area contributed by atoms with Gasteiger partial charge < -0.3 is 10.2 Å². The molecular weight excluding hydrogens is 240 g/mol. The van der Waals surface area contributed by atoms with Crippen molar-refractivity contribution in [1.29, 1.82) is 0 Å². The summed E-state index contributed by atoms with van der Waals surface area (Å²) in [6, 6.07) is 4.44. The minimum absolute atomic E-state index is 0.110. The van der Waals surface area contributed by atoms with E-state index in [1.54, 1.807) is 6.20 Å². The summed E-state index contributed by atoms with van der Waals surface area (Å²) in [5.41, 5.74) is 1.64. The third-order valence-electron chi connectivity index (χ3n) is 4.04. The summed E-state index contributed by atoms with van der Waals surface area (Å²) in [6.07, 6.45) is 1.68. The second-order valence-corrected chi connectivity index (χ2v) is 5.33. The van der Waals surface area contributed by atoms with Gasteiger partial charge in [-0.15, -0.1) is 0 Å². The molecule has 0 saturated carbocycles. The van der Waals surface area contributed by atoms with Crippen molar-refractivity contribution >= 4 is 5.91 Å². The van der Waals surface area contributed by atoms with E-state index in [1.165, 1.54) is 0 Å². The van der Waals surface area contributed by atoms with Gasteiger partial charge in [-0.2, -0.15) is 0 Å². The van der Waals surface area contributed by atoms with Gasteiger partial charge in [0.25, 0.3) is 5.91 Å². The zero-order valence-corrected chi connectivity index (χ0v) is 11.3. The first-order valence-corrected chi connectivity index (χ1v) is 6.91. The molecule has 1 N–H and O–H groups in total. The summed E-state index contributed by atoms with van der Waals surface area (Å²) in [6.45, 7) is 7.73. The Morgan fingerprint density at radius 2 is 2.00 bits per heavy atom. The maximum Gasteiger partial charge on any atom is 0.255 e. The lowest BCUT2D eigenvalue weighted by Gasteiger charge is -2.43. The Morgan fingerprint density at radius 3 is 2.53 bits per heavy atom. The second-order valence-electron chi connectivity index (χ2n) is 5.33. The second kappa shape index (κ2) is 5.27. The van der Waals surface area contributed by atoms with Gasteiger partial charge in [0.1, 0.15) is 0 Å². The van der Waals surface area contributed by atoms with E-state index in [1.807, 2.05) is 24.0 Å². The maximum atomic E-state index is 12.3. The monoisotopic (exact) mass is 260 g/mol. The van der Waals surface area contributed by atoms with E-state index in [2.05, 4.69) is 15.2 Å². The smallest absolute Gasteiger partial charge is 0.255 e. The van der Waals surface area contributed by atoms with Gasteiger partial charge in [-0.05, 0) is 19.1 Å². The van der Waals surface area contributed by atoms with E-state index in [-0.39, 0.29) is 5.91 Å². The van der Waals surface area contributed by atoms with E-state index in [0.29, 0.717) is 11.6 Å². The van der Waals surface area contributed by atoms with Crippen molar-refractivity contribution in [2.75, 3.05) is 39.3 Å². The van der Waals surface area contributed by atoms with Crippen molar-refractivity contribution < 1.29 is 4.79 Å². The van der Waals surface area contributed by atoms with E-state index in [9.17, 15) is 4.79 Å². The highest BCUT2D eigenvalue weighted by atomic mass is 16.2. The van der Waals surface area contributed by atoms with Crippen LogP contribution in [-0.4, -0.2) is 66.0 Å². The van der Waals surface area contributed by atoms with Gasteiger partial charge >= 0.3 is 0 Å².